The fraction of sp³-hybridized carbons (Fsp3) is 0.500. The van der Waals surface area contributed by atoms with Gasteiger partial charge in [-0.25, -0.2) is 9.78 Å². The Morgan fingerprint density at radius 3 is 2.65 bits per heavy atom. The monoisotopic (exact) mass is 590 g/mol. The number of fused-ring (bicyclic) bond motifs is 1. The minimum absolute atomic E-state index is 0.00207. The molecule has 3 heterocycles. The van der Waals surface area contributed by atoms with Gasteiger partial charge in [-0.2, -0.15) is 0 Å². The Morgan fingerprint density at radius 1 is 1.19 bits per heavy atom. The molecule has 0 unspecified atom stereocenters. The summed E-state index contributed by atoms with van der Waals surface area (Å²) in [6.45, 7) is 7.63. The summed E-state index contributed by atoms with van der Waals surface area (Å²) >= 11 is 0. The Bertz CT molecular complexity index is 1350. The lowest BCUT2D eigenvalue weighted by Crippen LogP contribution is -2.56. The van der Waals surface area contributed by atoms with E-state index in [1.165, 1.54) is 38.3 Å². The third-order valence-electron chi connectivity index (χ3n) is 7.46. The highest BCUT2D eigenvalue weighted by atomic mass is 16.6. The molecule has 2 aromatic heterocycles. The van der Waals surface area contributed by atoms with Gasteiger partial charge in [0.25, 0.3) is 0 Å². The maximum atomic E-state index is 12.0. The highest BCUT2D eigenvalue weighted by molar-refractivity contribution is 6.08. The third-order valence-corrected chi connectivity index (χ3v) is 7.46. The summed E-state index contributed by atoms with van der Waals surface area (Å²) in [5, 5.41) is 14.3. The van der Waals surface area contributed by atoms with Gasteiger partial charge in [-0.05, 0) is 69.2 Å². The van der Waals surface area contributed by atoms with Crippen LogP contribution in [-0.2, 0) is 9.47 Å². The number of likely N-dealkylation sites (tertiary alicyclic amines) is 1. The molecule has 2 aromatic rings. The van der Waals surface area contributed by atoms with E-state index in [0.29, 0.717) is 54.9 Å². The van der Waals surface area contributed by atoms with Gasteiger partial charge in [-0.3, -0.25) is 4.98 Å². The van der Waals surface area contributed by atoms with Crippen LogP contribution in [0.2, 0.25) is 0 Å². The van der Waals surface area contributed by atoms with Crippen molar-refractivity contribution in [3.05, 3.63) is 59.8 Å². The summed E-state index contributed by atoms with van der Waals surface area (Å²) < 4.78 is 11.2. The Balaban J connectivity index is 1.28. The van der Waals surface area contributed by atoms with Crippen LogP contribution in [0.3, 0.4) is 0 Å². The van der Waals surface area contributed by atoms with Crippen LogP contribution in [0.4, 0.5) is 10.6 Å². The lowest BCUT2D eigenvalue weighted by atomic mass is 9.85. The Hall–Kier alpha value is -4.12. The van der Waals surface area contributed by atoms with E-state index in [4.69, 9.17) is 31.3 Å². The lowest BCUT2D eigenvalue weighted by molar-refractivity contribution is -0.0616. The molecule has 1 saturated heterocycles. The molecule has 2 fully saturated rings. The molecule has 4 rings (SSSR count). The van der Waals surface area contributed by atoms with Crippen molar-refractivity contribution in [3.63, 3.8) is 0 Å². The van der Waals surface area contributed by atoms with Crippen molar-refractivity contribution in [2.24, 2.45) is 17.4 Å². The quantitative estimate of drug-likeness (QED) is 0.132. The van der Waals surface area contributed by atoms with Crippen LogP contribution in [-0.4, -0.2) is 65.1 Å². The average molecular weight is 591 g/mol. The van der Waals surface area contributed by atoms with Gasteiger partial charge in [-0.1, -0.05) is 32.1 Å². The van der Waals surface area contributed by atoms with Gasteiger partial charge in [0, 0.05) is 36.3 Å². The molecule has 0 aromatic carbocycles. The van der Waals surface area contributed by atoms with E-state index in [1.807, 2.05) is 45.0 Å². The second-order valence-corrected chi connectivity index (χ2v) is 12.2. The predicted octanol–water partition coefficient (Wildman–Crippen LogP) is 4.87. The summed E-state index contributed by atoms with van der Waals surface area (Å²) in [4.78, 5) is 22.9. The predicted molar refractivity (Wildman–Crippen MR) is 171 cm³/mol. The normalized spacial score (nSPS) is 17.5. The van der Waals surface area contributed by atoms with Gasteiger partial charge in [0.2, 0.25) is 0 Å². The molecule has 1 aliphatic heterocycles. The van der Waals surface area contributed by atoms with E-state index < -0.39 is 5.60 Å². The third kappa shape index (κ3) is 9.71. The van der Waals surface area contributed by atoms with Crippen molar-refractivity contribution >= 4 is 34.7 Å². The Labute approximate surface area is 254 Å². The number of hydrogen-bond acceptors (Lipinski definition) is 10. The molecule has 2 aliphatic rings. The number of carbonyl (C=O) groups excluding carboxylic acids is 1. The summed E-state index contributed by atoms with van der Waals surface area (Å²) in [5.41, 5.74) is 15.6. The number of nitrogens with one attached hydrogen (secondary N) is 3. The highest BCUT2D eigenvalue weighted by Gasteiger charge is 2.34. The van der Waals surface area contributed by atoms with Crippen LogP contribution in [0.25, 0.3) is 16.6 Å². The fourth-order valence-electron chi connectivity index (χ4n) is 5.21. The van der Waals surface area contributed by atoms with Gasteiger partial charge in [0.15, 0.2) is 0 Å². The van der Waals surface area contributed by atoms with E-state index >= 15 is 0 Å². The topological polar surface area (TPSA) is 164 Å². The zero-order valence-corrected chi connectivity index (χ0v) is 25.6. The standard InChI is InChI=1S/C32H46N8O3/c1-32(2,3)43-31(41)40-20-26(21-40)42-12-11-36-18-25(17-34)24-15-28-27(37-19-24)9-10-30(38-28)39-29(35)14-23(16-33)13-22-7-5-4-6-8-22/h9-10,14-19,22,26,34,36H,4-8,11-13,20-21,33,35H2,1-3H3,(H,38,39)/b23-16-,25-18+,29-14+,34-17?. The Morgan fingerprint density at radius 2 is 1.95 bits per heavy atom. The van der Waals surface area contributed by atoms with Gasteiger partial charge >= 0.3 is 6.09 Å². The van der Waals surface area contributed by atoms with Crippen LogP contribution in [0, 0.1) is 11.3 Å². The van der Waals surface area contributed by atoms with E-state index in [9.17, 15) is 4.79 Å². The number of hydrogen-bond donors (Lipinski definition) is 5. The summed E-state index contributed by atoms with van der Waals surface area (Å²) in [6, 6.07) is 5.63. The molecule has 1 saturated carbocycles. The summed E-state index contributed by atoms with van der Waals surface area (Å²) in [6.07, 6.45) is 15.3. The van der Waals surface area contributed by atoms with Gasteiger partial charge < -0.3 is 41.9 Å². The number of anilines is 1. The first kappa shape index (κ1) is 31.8. The second-order valence-electron chi connectivity index (χ2n) is 12.2. The number of aromatic nitrogens is 2. The molecule has 232 valence electrons. The van der Waals surface area contributed by atoms with Crippen molar-refractivity contribution in [1.29, 1.82) is 5.41 Å². The fourth-order valence-corrected chi connectivity index (χ4v) is 5.21. The first-order chi connectivity index (χ1) is 20.6. The molecular weight excluding hydrogens is 544 g/mol. The zero-order valence-electron chi connectivity index (χ0n) is 25.6. The largest absolute Gasteiger partial charge is 0.444 e. The summed E-state index contributed by atoms with van der Waals surface area (Å²) in [7, 11) is 0. The summed E-state index contributed by atoms with van der Waals surface area (Å²) in [5.74, 6) is 1.74. The molecule has 43 heavy (non-hydrogen) atoms. The molecule has 1 amide bonds. The highest BCUT2D eigenvalue weighted by Crippen LogP contribution is 2.29. The molecule has 0 atom stereocenters. The van der Waals surface area contributed by atoms with Crippen LogP contribution < -0.4 is 22.1 Å². The van der Waals surface area contributed by atoms with Gasteiger partial charge in [0.05, 0.1) is 36.8 Å². The lowest BCUT2D eigenvalue weighted by Gasteiger charge is -2.39. The Kier molecular flexibility index (Phi) is 11.0. The van der Waals surface area contributed by atoms with Crippen molar-refractivity contribution < 1.29 is 14.3 Å². The van der Waals surface area contributed by atoms with E-state index in [1.54, 1.807) is 23.5 Å². The molecule has 11 heteroatoms. The van der Waals surface area contributed by atoms with Crippen molar-refractivity contribution in [3.8, 4) is 0 Å². The van der Waals surface area contributed by atoms with Crippen LogP contribution in [0.15, 0.2) is 54.3 Å². The van der Waals surface area contributed by atoms with Crippen molar-refractivity contribution in [1.82, 2.24) is 20.2 Å². The number of ether oxygens (including phenoxy) is 2. The van der Waals surface area contributed by atoms with Crippen LogP contribution in [0.5, 0.6) is 0 Å². The number of allylic oxidation sites excluding steroid dienone is 3. The average Bonchev–Trinajstić information content (AvgIpc) is 2.94. The maximum Gasteiger partial charge on any atom is 0.410 e. The van der Waals surface area contributed by atoms with Crippen molar-refractivity contribution in [2.75, 3.05) is 31.6 Å². The number of nitrogens with two attached hydrogens (primary N) is 2. The maximum absolute atomic E-state index is 12.0. The van der Waals surface area contributed by atoms with E-state index in [0.717, 1.165) is 23.1 Å². The molecule has 0 bridgehead atoms. The van der Waals surface area contributed by atoms with Crippen LogP contribution in [0.1, 0.15) is 64.9 Å². The second kappa shape index (κ2) is 14.9. The van der Waals surface area contributed by atoms with Crippen LogP contribution >= 0.6 is 0 Å². The SMILES string of the molecule is CC(C)(C)OC(=O)N1CC(OCCN/C=C(\C=N)c2cnc3ccc(N/C(N)=C/C(=C\N)CC4CCCCC4)nc3c2)C1. The number of nitrogens with zero attached hydrogens (tertiary/aromatic N) is 3. The molecular formula is C32H46N8O3. The van der Waals surface area contributed by atoms with Gasteiger partial charge in [-0.15, -0.1) is 0 Å². The first-order valence-corrected chi connectivity index (χ1v) is 15.1. The van der Waals surface area contributed by atoms with E-state index in [2.05, 4.69) is 15.6 Å². The zero-order chi connectivity index (χ0) is 30.8. The van der Waals surface area contributed by atoms with Gasteiger partial charge in [0.1, 0.15) is 17.2 Å². The van der Waals surface area contributed by atoms with Crippen molar-refractivity contribution in [2.45, 2.75) is 71.0 Å². The number of rotatable bonds is 12. The molecule has 0 spiro atoms. The molecule has 0 radical (unpaired) electrons. The number of amides is 1. The number of pyridine rings is 2. The smallest absolute Gasteiger partial charge is 0.410 e. The van der Waals surface area contributed by atoms with E-state index in [-0.39, 0.29) is 12.2 Å². The molecule has 1 aliphatic carbocycles. The minimum atomic E-state index is -0.507. The minimum Gasteiger partial charge on any atom is -0.444 e. The number of carbonyl (C=O) groups is 1. The first-order valence-electron chi connectivity index (χ1n) is 15.1. The molecule has 11 nitrogen and oxygen atoms in total. The molecule has 7 N–H and O–H groups in total.